The Morgan fingerprint density at radius 3 is 2.74 bits per heavy atom. The second-order valence-electron chi connectivity index (χ2n) is 6.69. The molecule has 3 rings (SSSR count). The molecule has 2 N–H and O–H groups in total. The van der Waals surface area contributed by atoms with Crippen LogP contribution >= 0.6 is 12.4 Å². The van der Waals surface area contributed by atoms with Crippen molar-refractivity contribution in [2.45, 2.75) is 44.1 Å². The van der Waals surface area contributed by atoms with Crippen molar-refractivity contribution in [2.24, 2.45) is 11.7 Å². The summed E-state index contributed by atoms with van der Waals surface area (Å²) >= 11 is 0. The lowest BCUT2D eigenvalue weighted by molar-refractivity contribution is -0.135. The Morgan fingerprint density at radius 2 is 2.09 bits per heavy atom. The highest BCUT2D eigenvalue weighted by molar-refractivity contribution is 5.89. The quantitative estimate of drug-likeness (QED) is 0.912. The van der Waals surface area contributed by atoms with Gasteiger partial charge in [0.1, 0.15) is 11.6 Å². The molecule has 1 saturated carbocycles. The molecular weight excluding hydrogens is 322 g/mol. The molecule has 2 aliphatic rings. The number of rotatable bonds is 4. The zero-order valence-corrected chi connectivity index (χ0v) is 13.9. The van der Waals surface area contributed by atoms with E-state index in [1.165, 1.54) is 12.1 Å². The first-order chi connectivity index (χ1) is 10.5. The molecule has 1 aromatic rings. The van der Waals surface area contributed by atoms with Crippen LogP contribution in [-0.4, -0.2) is 29.4 Å². The first-order valence-corrected chi connectivity index (χ1v) is 8.00. The fourth-order valence-corrected chi connectivity index (χ4v) is 3.23. The average Bonchev–Trinajstić information content (AvgIpc) is 3.25. The molecule has 1 unspecified atom stereocenters. The van der Waals surface area contributed by atoms with Gasteiger partial charge in [0.05, 0.1) is 5.54 Å². The van der Waals surface area contributed by atoms with Crippen molar-refractivity contribution in [1.29, 1.82) is 0 Å². The minimum Gasteiger partial charge on any atom is -0.341 e. The summed E-state index contributed by atoms with van der Waals surface area (Å²) in [5.41, 5.74) is 5.93. The van der Waals surface area contributed by atoms with Gasteiger partial charge in [-0.2, -0.15) is 0 Å². The predicted molar refractivity (Wildman–Crippen MR) is 87.4 cm³/mol. The van der Waals surface area contributed by atoms with Gasteiger partial charge in [0.15, 0.2) is 0 Å². The summed E-state index contributed by atoms with van der Waals surface area (Å²) in [6, 6.07) is 3.73. The Kier molecular flexibility index (Phi) is 5.63. The molecule has 1 saturated heterocycles. The third-order valence-electron chi connectivity index (χ3n) is 4.86. The molecule has 3 nitrogen and oxygen atoms in total. The Morgan fingerprint density at radius 1 is 1.35 bits per heavy atom. The molecule has 0 spiro atoms. The topological polar surface area (TPSA) is 46.3 Å². The van der Waals surface area contributed by atoms with Gasteiger partial charge >= 0.3 is 0 Å². The molecule has 1 aliphatic carbocycles. The van der Waals surface area contributed by atoms with Crippen LogP contribution in [0.1, 0.15) is 37.7 Å². The van der Waals surface area contributed by atoms with Gasteiger partial charge < -0.3 is 10.6 Å². The lowest BCUT2D eigenvalue weighted by atomic mass is 9.91. The first kappa shape index (κ1) is 18.1. The number of hydrogen-bond acceptors (Lipinski definition) is 2. The van der Waals surface area contributed by atoms with Crippen LogP contribution in [0.25, 0.3) is 0 Å². The summed E-state index contributed by atoms with van der Waals surface area (Å²) < 4.78 is 26.6. The number of carbonyl (C=O) groups is 1. The summed E-state index contributed by atoms with van der Waals surface area (Å²) in [5, 5.41) is 0. The second-order valence-corrected chi connectivity index (χ2v) is 6.69. The molecular formula is C17H23ClF2N2O. The van der Waals surface area contributed by atoms with Crippen LogP contribution in [0.5, 0.6) is 0 Å². The van der Waals surface area contributed by atoms with Crippen LogP contribution in [0.15, 0.2) is 18.2 Å². The van der Waals surface area contributed by atoms with Crippen LogP contribution < -0.4 is 5.73 Å². The first-order valence-electron chi connectivity index (χ1n) is 8.00. The van der Waals surface area contributed by atoms with Crippen LogP contribution in [0.2, 0.25) is 0 Å². The van der Waals surface area contributed by atoms with Crippen LogP contribution in [-0.2, 0) is 11.2 Å². The van der Waals surface area contributed by atoms with E-state index >= 15 is 0 Å². The van der Waals surface area contributed by atoms with E-state index < -0.39 is 17.2 Å². The van der Waals surface area contributed by atoms with Crippen molar-refractivity contribution in [3.63, 3.8) is 0 Å². The molecule has 1 aliphatic heterocycles. The zero-order chi connectivity index (χ0) is 15.7. The lowest BCUT2D eigenvalue weighted by Gasteiger charge is -2.34. The number of halogens is 3. The number of nitrogens with two attached hydrogens (primary N) is 1. The largest absolute Gasteiger partial charge is 0.341 e. The monoisotopic (exact) mass is 344 g/mol. The van der Waals surface area contributed by atoms with Crippen LogP contribution in [0.3, 0.4) is 0 Å². The number of aryl methyl sites for hydroxylation is 1. The van der Waals surface area contributed by atoms with Gasteiger partial charge in [-0.15, -0.1) is 12.4 Å². The van der Waals surface area contributed by atoms with E-state index in [0.717, 1.165) is 44.7 Å². The molecule has 128 valence electrons. The van der Waals surface area contributed by atoms with E-state index in [1.807, 2.05) is 4.90 Å². The smallest absolute Gasteiger partial charge is 0.242 e. The van der Waals surface area contributed by atoms with Gasteiger partial charge in [0.25, 0.3) is 0 Å². The minimum absolute atomic E-state index is 0. The number of nitrogens with zero attached hydrogens (tertiary/aromatic N) is 1. The third-order valence-corrected chi connectivity index (χ3v) is 4.86. The highest BCUT2D eigenvalue weighted by Crippen LogP contribution is 2.35. The molecule has 1 aromatic carbocycles. The summed E-state index contributed by atoms with van der Waals surface area (Å²) in [4.78, 5) is 14.2. The summed E-state index contributed by atoms with van der Waals surface area (Å²) in [7, 11) is 0. The molecule has 1 heterocycles. The third kappa shape index (κ3) is 4.21. The lowest BCUT2D eigenvalue weighted by Crippen LogP contribution is -2.49. The minimum atomic E-state index is -0.606. The number of hydrogen-bond donors (Lipinski definition) is 1. The van der Waals surface area contributed by atoms with Crippen molar-refractivity contribution in [1.82, 2.24) is 4.90 Å². The van der Waals surface area contributed by atoms with Gasteiger partial charge in [0, 0.05) is 19.2 Å². The van der Waals surface area contributed by atoms with Crippen molar-refractivity contribution in [2.75, 3.05) is 13.1 Å². The van der Waals surface area contributed by atoms with E-state index in [-0.39, 0.29) is 18.3 Å². The number of likely N-dealkylation sites (tertiary alicyclic amines) is 1. The van der Waals surface area contributed by atoms with E-state index in [0.29, 0.717) is 24.4 Å². The Balaban J connectivity index is 0.00000192. The average molecular weight is 345 g/mol. The summed E-state index contributed by atoms with van der Waals surface area (Å²) in [6.45, 7) is 1.49. The van der Waals surface area contributed by atoms with Gasteiger partial charge in [-0.05, 0) is 56.1 Å². The van der Waals surface area contributed by atoms with E-state index in [4.69, 9.17) is 5.73 Å². The highest BCUT2D eigenvalue weighted by Gasteiger charge is 2.48. The SMILES string of the molecule is Cl.NC1(C(=O)N2CCCC(CCc3ccc(F)cc3F)C2)CC1. The maximum absolute atomic E-state index is 13.7. The Hall–Kier alpha value is -1.20. The van der Waals surface area contributed by atoms with Gasteiger partial charge in [-0.25, -0.2) is 8.78 Å². The molecule has 0 radical (unpaired) electrons. The van der Waals surface area contributed by atoms with Crippen molar-refractivity contribution < 1.29 is 13.6 Å². The van der Waals surface area contributed by atoms with Crippen molar-refractivity contribution >= 4 is 18.3 Å². The molecule has 0 aromatic heterocycles. The maximum Gasteiger partial charge on any atom is 0.242 e. The predicted octanol–water partition coefficient (Wildman–Crippen LogP) is 3.05. The molecule has 1 atom stereocenters. The Labute approximate surface area is 141 Å². The molecule has 1 amide bonds. The van der Waals surface area contributed by atoms with Gasteiger partial charge in [-0.1, -0.05) is 6.07 Å². The standard InChI is InChI=1S/C17H22F2N2O.ClH/c18-14-6-5-13(15(19)10-14)4-3-12-2-1-9-21(11-12)16(22)17(20)7-8-17;/h5-6,10,12H,1-4,7-9,11,20H2;1H. The molecule has 2 fully saturated rings. The number of carbonyl (C=O) groups excluding carboxylic acids is 1. The fourth-order valence-electron chi connectivity index (χ4n) is 3.23. The molecule has 6 heteroatoms. The zero-order valence-electron chi connectivity index (χ0n) is 13.1. The molecule has 23 heavy (non-hydrogen) atoms. The van der Waals surface area contributed by atoms with E-state index in [2.05, 4.69) is 0 Å². The summed E-state index contributed by atoms with van der Waals surface area (Å²) in [6.07, 6.45) is 4.97. The fraction of sp³-hybridized carbons (Fsp3) is 0.588. The summed E-state index contributed by atoms with van der Waals surface area (Å²) in [5.74, 6) is -0.592. The van der Waals surface area contributed by atoms with E-state index in [9.17, 15) is 13.6 Å². The maximum atomic E-state index is 13.7. The Bertz CT molecular complexity index is 578. The van der Waals surface area contributed by atoms with Crippen molar-refractivity contribution in [3.05, 3.63) is 35.4 Å². The second kappa shape index (κ2) is 7.14. The molecule has 0 bridgehead atoms. The van der Waals surface area contributed by atoms with Gasteiger partial charge in [-0.3, -0.25) is 4.79 Å². The van der Waals surface area contributed by atoms with Crippen molar-refractivity contribution in [3.8, 4) is 0 Å². The van der Waals surface area contributed by atoms with Crippen LogP contribution in [0, 0.1) is 17.6 Å². The van der Waals surface area contributed by atoms with Crippen LogP contribution in [0.4, 0.5) is 8.78 Å². The van der Waals surface area contributed by atoms with E-state index in [1.54, 1.807) is 0 Å². The number of benzene rings is 1. The number of amides is 1. The normalized spacial score (nSPS) is 22.4. The van der Waals surface area contributed by atoms with Gasteiger partial charge in [0.2, 0.25) is 5.91 Å². The number of piperidine rings is 1. The highest BCUT2D eigenvalue weighted by atomic mass is 35.5.